The van der Waals surface area contributed by atoms with Crippen molar-refractivity contribution < 1.29 is 4.79 Å². The number of nitrogens with zero attached hydrogens (tertiary/aromatic N) is 2. The van der Waals surface area contributed by atoms with Gasteiger partial charge in [-0.15, -0.1) is 0 Å². The fourth-order valence-electron chi connectivity index (χ4n) is 2.13. The summed E-state index contributed by atoms with van der Waals surface area (Å²) < 4.78 is 0. The molecule has 1 N–H and O–H groups in total. The van der Waals surface area contributed by atoms with Crippen LogP contribution in [0.5, 0.6) is 0 Å². The van der Waals surface area contributed by atoms with Crippen LogP contribution in [0.1, 0.15) is 33.6 Å². The van der Waals surface area contributed by atoms with Crippen LogP contribution in [0.15, 0.2) is 0 Å². The standard InChI is InChI=1S/C12H25N3O/c1-4-6-7-13-12(16)15-9-8-14(5-2)11(3)10-15/h11H,4-10H2,1-3H3,(H,13,16). The highest BCUT2D eigenvalue weighted by molar-refractivity contribution is 5.74. The number of likely N-dealkylation sites (N-methyl/N-ethyl adjacent to an activating group) is 1. The molecular weight excluding hydrogens is 202 g/mol. The first-order valence-corrected chi connectivity index (χ1v) is 6.45. The van der Waals surface area contributed by atoms with Crippen molar-refractivity contribution in [2.45, 2.75) is 39.7 Å². The van der Waals surface area contributed by atoms with Crippen LogP contribution in [-0.2, 0) is 0 Å². The predicted molar refractivity (Wildman–Crippen MR) is 66.6 cm³/mol. The minimum atomic E-state index is 0.107. The molecule has 0 aromatic heterocycles. The van der Waals surface area contributed by atoms with Gasteiger partial charge in [-0.3, -0.25) is 4.90 Å². The smallest absolute Gasteiger partial charge is 0.317 e. The molecule has 1 aliphatic heterocycles. The van der Waals surface area contributed by atoms with E-state index in [1.165, 1.54) is 0 Å². The zero-order valence-corrected chi connectivity index (χ0v) is 10.8. The monoisotopic (exact) mass is 227 g/mol. The first-order chi connectivity index (χ1) is 7.69. The summed E-state index contributed by atoms with van der Waals surface area (Å²) in [5.74, 6) is 0. The average Bonchev–Trinajstić information content (AvgIpc) is 2.29. The molecule has 1 saturated heterocycles. The second-order valence-electron chi connectivity index (χ2n) is 4.51. The first kappa shape index (κ1) is 13.3. The Morgan fingerprint density at radius 2 is 2.12 bits per heavy atom. The van der Waals surface area contributed by atoms with E-state index in [2.05, 4.69) is 31.0 Å². The van der Waals surface area contributed by atoms with Crippen LogP contribution in [-0.4, -0.2) is 54.6 Å². The van der Waals surface area contributed by atoms with E-state index in [-0.39, 0.29) is 6.03 Å². The van der Waals surface area contributed by atoms with Crippen molar-refractivity contribution >= 4 is 6.03 Å². The summed E-state index contributed by atoms with van der Waals surface area (Å²) in [6, 6.07) is 0.590. The molecule has 2 amide bonds. The molecule has 1 fully saturated rings. The predicted octanol–water partition coefficient (Wildman–Crippen LogP) is 1.52. The summed E-state index contributed by atoms with van der Waals surface area (Å²) >= 11 is 0. The molecule has 1 atom stereocenters. The van der Waals surface area contributed by atoms with Crippen molar-refractivity contribution in [3.05, 3.63) is 0 Å². The second-order valence-corrected chi connectivity index (χ2v) is 4.51. The van der Waals surface area contributed by atoms with Crippen LogP contribution in [0.3, 0.4) is 0 Å². The van der Waals surface area contributed by atoms with Crippen LogP contribution >= 0.6 is 0 Å². The molecule has 0 aromatic rings. The second kappa shape index (κ2) is 6.74. The van der Waals surface area contributed by atoms with Crippen molar-refractivity contribution in [1.29, 1.82) is 0 Å². The lowest BCUT2D eigenvalue weighted by molar-refractivity contribution is 0.102. The van der Waals surface area contributed by atoms with Crippen LogP contribution < -0.4 is 5.32 Å². The van der Waals surface area contributed by atoms with Gasteiger partial charge >= 0.3 is 6.03 Å². The number of unbranched alkanes of at least 4 members (excludes halogenated alkanes) is 1. The van der Waals surface area contributed by atoms with E-state index < -0.39 is 0 Å². The number of amides is 2. The Balaban J connectivity index is 2.30. The molecule has 0 radical (unpaired) electrons. The van der Waals surface area contributed by atoms with Gasteiger partial charge in [-0.2, -0.15) is 0 Å². The molecule has 1 aliphatic rings. The molecule has 4 heteroatoms. The molecule has 4 nitrogen and oxygen atoms in total. The van der Waals surface area contributed by atoms with E-state index in [1.807, 2.05) is 4.90 Å². The molecule has 0 bridgehead atoms. The molecular formula is C12H25N3O. The molecule has 0 spiro atoms. The largest absolute Gasteiger partial charge is 0.338 e. The Labute approximate surface area is 99.0 Å². The Morgan fingerprint density at radius 1 is 1.38 bits per heavy atom. The lowest BCUT2D eigenvalue weighted by Gasteiger charge is -2.39. The third-order valence-electron chi connectivity index (χ3n) is 3.27. The van der Waals surface area contributed by atoms with E-state index in [0.29, 0.717) is 6.04 Å². The lowest BCUT2D eigenvalue weighted by atomic mass is 10.2. The number of urea groups is 1. The molecule has 0 saturated carbocycles. The number of hydrogen-bond donors (Lipinski definition) is 1. The Hall–Kier alpha value is -0.770. The van der Waals surface area contributed by atoms with E-state index in [4.69, 9.17) is 0 Å². The summed E-state index contributed by atoms with van der Waals surface area (Å²) in [7, 11) is 0. The van der Waals surface area contributed by atoms with Crippen molar-refractivity contribution in [2.75, 3.05) is 32.7 Å². The van der Waals surface area contributed by atoms with Gasteiger partial charge in [0.2, 0.25) is 0 Å². The van der Waals surface area contributed by atoms with Crippen LogP contribution in [0, 0.1) is 0 Å². The van der Waals surface area contributed by atoms with Crippen LogP contribution in [0.4, 0.5) is 4.79 Å². The van der Waals surface area contributed by atoms with Gasteiger partial charge in [-0.05, 0) is 19.9 Å². The van der Waals surface area contributed by atoms with Crippen molar-refractivity contribution in [1.82, 2.24) is 15.1 Å². The maximum Gasteiger partial charge on any atom is 0.317 e. The van der Waals surface area contributed by atoms with Crippen molar-refractivity contribution in [3.8, 4) is 0 Å². The van der Waals surface area contributed by atoms with Gasteiger partial charge in [0.25, 0.3) is 0 Å². The molecule has 0 aromatic carbocycles. The fourth-order valence-corrected chi connectivity index (χ4v) is 2.13. The normalized spacial score (nSPS) is 22.2. The highest BCUT2D eigenvalue weighted by atomic mass is 16.2. The Bertz CT molecular complexity index is 220. The SMILES string of the molecule is CCCCNC(=O)N1CCN(CC)C(C)C1. The maximum absolute atomic E-state index is 11.8. The number of rotatable bonds is 4. The van der Waals surface area contributed by atoms with Crippen molar-refractivity contribution in [3.63, 3.8) is 0 Å². The minimum absolute atomic E-state index is 0.107. The molecule has 1 unspecified atom stereocenters. The van der Waals surface area contributed by atoms with E-state index in [0.717, 1.165) is 45.6 Å². The number of nitrogens with one attached hydrogen (secondary N) is 1. The summed E-state index contributed by atoms with van der Waals surface area (Å²) in [4.78, 5) is 16.2. The zero-order valence-electron chi connectivity index (χ0n) is 10.8. The number of carbonyl (C=O) groups is 1. The van der Waals surface area contributed by atoms with Crippen molar-refractivity contribution in [2.24, 2.45) is 0 Å². The van der Waals surface area contributed by atoms with Gasteiger partial charge in [0.15, 0.2) is 0 Å². The Kier molecular flexibility index (Phi) is 5.60. The third kappa shape index (κ3) is 3.67. The van der Waals surface area contributed by atoms with Gasteiger partial charge < -0.3 is 10.2 Å². The molecule has 16 heavy (non-hydrogen) atoms. The molecule has 0 aliphatic carbocycles. The highest BCUT2D eigenvalue weighted by Crippen LogP contribution is 2.08. The minimum Gasteiger partial charge on any atom is -0.338 e. The van der Waals surface area contributed by atoms with Gasteiger partial charge in [-0.25, -0.2) is 4.79 Å². The summed E-state index contributed by atoms with van der Waals surface area (Å²) in [5, 5.41) is 2.98. The zero-order chi connectivity index (χ0) is 12.0. The van der Waals surface area contributed by atoms with E-state index >= 15 is 0 Å². The van der Waals surface area contributed by atoms with Gasteiger partial charge in [0.1, 0.15) is 0 Å². The van der Waals surface area contributed by atoms with E-state index in [9.17, 15) is 4.79 Å². The van der Waals surface area contributed by atoms with E-state index in [1.54, 1.807) is 0 Å². The van der Waals surface area contributed by atoms with Gasteiger partial charge in [-0.1, -0.05) is 20.3 Å². The summed E-state index contributed by atoms with van der Waals surface area (Å²) in [6.07, 6.45) is 2.19. The molecule has 1 rings (SSSR count). The Morgan fingerprint density at radius 3 is 2.69 bits per heavy atom. The quantitative estimate of drug-likeness (QED) is 0.739. The third-order valence-corrected chi connectivity index (χ3v) is 3.27. The number of hydrogen-bond acceptors (Lipinski definition) is 2. The molecule has 94 valence electrons. The number of piperazine rings is 1. The average molecular weight is 227 g/mol. The first-order valence-electron chi connectivity index (χ1n) is 6.45. The number of carbonyl (C=O) groups excluding carboxylic acids is 1. The summed E-state index contributed by atoms with van der Waals surface area (Å²) in [6.45, 7) is 11.1. The molecule has 1 heterocycles. The highest BCUT2D eigenvalue weighted by Gasteiger charge is 2.25. The topological polar surface area (TPSA) is 35.6 Å². The fraction of sp³-hybridized carbons (Fsp3) is 0.917. The lowest BCUT2D eigenvalue weighted by Crippen LogP contribution is -2.55. The van der Waals surface area contributed by atoms with Crippen LogP contribution in [0.25, 0.3) is 0 Å². The summed E-state index contributed by atoms with van der Waals surface area (Å²) in [5.41, 5.74) is 0. The van der Waals surface area contributed by atoms with Gasteiger partial charge in [0, 0.05) is 32.2 Å². The van der Waals surface area contributed by atoms with Gasteiger partial charge in [0.05, 0.1) is 0 Å². The maximum atomic E-state index is 11.8. The van der Waals surface area contributed by atoms with Crippen LogP contribution in [0.2, 0.25) is 0 Å².